The van der Waals surface area contributed by atoms with Crippen molar-refractivity contribution in [1.29, 1.82) is 0 Å². The smallest absolute Gasteiger partial charge is 0.242 e. The molecule has 3 N–H and O–H groups in total. The fourth-order valence-electron chi connectivity index (χ4n) is 2.35. The van der Waals surface area contributed by atoms with Gasteiger partial charge in [0.05, 0.1) is 6.04 Å². The molecule has 2 rings (SSSR count). The van der Waals surface area contributed by atoms with Gasteiger partial charge in [0.25, 0.3) is 0 Å². The van der Waals surface area contributed by atoms with E-state index in [1.165, 1.54) is 19.3 Å². The molecule has 0 bridgehead atoms. The zero-order valence-electron chi connectivity index (χ0n) is 9.93. The van der Waals surface area contributed by atoms with Gasteiger partial charge in [0.15, 0.2) is 0 Å². The number of carbonyl (C=O) groups excluding carboxylic acids is 1. The SMILES string of the molecule is N[C@H](C(=O)Nc1ccccn1)C1CCCCC1. The van der Waals surface area contributed by atoms with Crippen LogP contribution >= 0.6 is 0 Å². The van der Waals surface area contributed by atoms with E-state index in [1.54, 1.807) is 12.3 Å². The van der Waals surface area contributed by atoms with Crippen molar-refractivity contribution in [2.24, 2.45) is 11.7 Å². The molecule has 0 saturated heterocycles. The van der Waals surface area contributed by atoms with Gasteiger partial charge >= 0.3 is 0 Å². The summed E-state index contributed by atoms with van der Waals surface area (Å²) in [6.45, 7) is 0. The molecule has 0 aliphatic heterocycles. The Hall–Kier alpha value is -1.42. The average Bonchev–Trinajstić information content (AvgIpc) is 2.40. The molecule has 1 saturated carbocycles. The molecule has 4 heteroatoms. The Bertz CT molecular complexity index is 360. The van der Waals surface area contributed by atoms with Gasteiger partial charge in [0.2, 0.25) is 5.91 Å². The second-order valence-corrected chi connectivity index (χ2v) is 4.63. The van der Waals surface area contributed by atoms with Crippen LogP contribution in [-0.4, -0.2) is 16.9 Å². The lowest BCUT2D eigenvalue weighted by molar-refractivity contribution is -0.118. The van der Waals surface area contributed by atoms with Crippen molar-refractivity contribution < 1.29 is 4.79 Å². The zero-order chi connectivity index (χ0) is 12.1. The van der Waals surface area contributed by atoms with Gasteiger partial charge in [-0.2, -0.15) is 0 Å². The summed E-state index contributed by atoms with van der Waals surface area (Å²) in [5.41, 5.74) is 6.00. The van der Waals surface area contributed by atoms with Gasteiger partial charge in [0, 0.05) is 6.20 Å². The Kier molecular flexibility index (Phi) is 4.09. The van der Waals surface area contributed by atoms with E-state index in [0.717, 1.165) is 12.8 Å². The summed E-state index contributed by atoms with van der Waals surface area (Å²) in [6.07, 6.45) is 7.44. The van der Waals surface area contributed by atoms with Crippen LogP contribution in [0.4, 0.5) is 5.82 Å². The highest BCUT2D eigenvalue weighted by molar-refractivity contribution is 5.94. The van der Waals surface area contributed by atoms with E-state index in [1.807, 2.05) is 12.1 Å². The first kappa shape index (κ1) is 12.0. The van der Waals surface area contributed by atoms with Crippen LogP contribution in [0.2, 0.25) is 0 Å². The summed E-state index contributed by atoms with van der Waals surface area (Å²) in [4.78, 5) is 16.0. The number of anilines is 1. The van der Waals surface area contributed by atoms with E-state index in [4.69, 9.17) is 5.73 Å². The fourth-order valence-corrected chi connectivity index (χ4v) is 2.35. The number of carbonyl (C=O) groups is 1. The number of rotatable bonds is 3. The molecule has 1 aliphatic rings. The number of nitrogens with zero attached hydrogens (tertiary/aromatic N) is 1. The molecule has 4 nitrogen and oxygen atoms in total. The molecule has 1 aromatic rings. The van der Waals surface area contributed by atoms with E-state index in [-0.39, 0.29) is 5.91 Å². The van der Waals surface area contributed by atoms with E-state index in [9.17, 15) is 4.79 Å². The number of amides is 1. The predicted octanol–water partition coefficient (Wildman–Crippen LogP) is 1.93. The highest BCUT2D eigenvalue weighted by Gasteiger charge is 2.26. The number of pyridine rings is 1. The zero-order valence-corrected chi connectivity index (χ0v) is 9.93. The fraction of sp³-hybridized carbons (Fsp3) is 0.538. The second-order valence-electron chi connectivity index (χ2n) is 4.63. The summed E-state index contributed by atoms with van der Waals surface area (Å²) in [6, 6.07) is 5.02. The van der Waals surface area contributed by atoms with Gasteiger partial charge in [-0.15, -0.1) is 0 Å². The summed E-state index contributed by atoms with van der Waals surface area (Å²) in [5, 5.41) is 2.76. The Labute approximate surface area is 102 Å². The number of nitrogens with one attached hydrogen (secondary N) is 1. The molecule has 1 heterocycles. The maximum atomic E-state index is 11.9. The number of nitrogens with two attached hydrogens (primary N) is 1. The van der Waals surface area contributed by atoms with Gasteiger partial charge in [-0.3, -0.25) is 4.79 Å². The first-order valence-electron chi connectivity index (χ1n) is 6.25. The Morgan fingerprint density at radius 3 is 2.76 bits per heavy atom. The van der Waals surface area contributed by atoms with Crippen LogP contribution in [0.25, 0.3) is 0 Å². The molecule has 0 aromatic carbocycles. The monoisotopic (exact) mass is 233 g/mol. The Morgan fingerprint density at radius 2 is 2.12 bits per heavy atom. The Balaban J connectivity index is 1.90. The maximum absolute atomic E-state index is 11.9. The molecule has 1 aromatic heterocycles. The summed E-state index contributed by atoms with van der Waals surface area (Å²) in [5.74, 6) is 0.784. The topological polar surface area (TPSA) is 68.0 Å². The minimum Gasteiger partial charge on any atom is -0.320 e. The number of aromatic nitrogens is 1. The van der Waals surface area contributed by atoms with Crippen LogP contribution in [0.1, 0.15) is 32.1 Å². The van der Waals surface area contributed by atoms with Crippen molar-refractivity contribution in [1.82, 2.24) is 4.98 Å². The molecule has 0 spiro atoms. The standard InChI is InChI=1S/C13H19N3O/c14-12(10-6-2-1-3-7-10)13(17)16-11-8-4-5-9-15-11/h4-5,8-10,12H,1-3,6-7,14H2,(H,15,16,17)/t12-/m0/s1. The Morgan fingerprint density at radius 1 is 1.35 bits per heavy atom. The molecule has 92 valence electrons. The van der Waals surface area contributed by atoms with Gasteiger partial charge < -0.3 is 11.1 Å². The molecular weight excluding hydrogens is 214 g/mol. The van der Waals surface area contributed by atoms with E-state index in [0.29, 0.717) is 11.7 Å². The van der Waals surface area contributed by atoms with Crippen molar-refractivity contribution in [3.63, 3.8) is 0 Å². The van der Waals surface area contributed by atoms with Crippen LogP contribution in [-0.2, 0) is 4.79 Å². The minimum absolute atomic E-state index is 0.115. The third kappa shape index (κ3) is 3.27. The van der Waals surface area contributed by atoms with E-state index in [2.05, 4.69) is 10.3 Å². The molecule has 17 heavy (non-hydrogen) atoms. The van der Waals surface area contributed by atoms with Crippen molar-refractivity contribution in [3.05, 3.63) is 24.4 Å². The van der Waals surface area contributed by atoms with Crippen LogP contribution < -0.4 is 11.1 Å². The van der Waals surface area contributed by atoms with Crippen molar-refractivity contribution in [2.45, 2.75) is 38.1 Å². The molecular formula is C13H19N3O. The molecule has 0 radical (unpaired) electrons. The van der Waals surface area contributed by atoms with E-state index >= 15 is 0 Å². The second kappa shape index (κ2) is 5.77. The lowest BCUT2D eigenvalue weighted by Crippen LogP contribution is -2.42. The van der Waals surface area contributed by atoms with Crippen molar-refractivity contribution in [3.8, 4) is 0 Å². The summed E-state index contributed by atoms with van der Waals surface area (Å²) >= 11 is 0. The third-order valence-electron chi connectivity index (χ3n) is 3.38. The average molecular weight is 233 g/mol. The summed E-state index contributed by atoms with van der Waals surface area (Å²) < 4.78 is 0. The quantitative estimate of drug-likeness (QED) is 0.838. The predicted molar refractivity (Wildman–Crippen MR) is 67.4 cm³/mol. The van der Waals surface area contributed by atoms with Crippen molar-refractivity contribution in [2.75, 3.05) is 5.32 Å². The first-order chi connectivity index (χ1) is 8.27. The molecule has 1 amide bonds. The molecule has 1 fully saturated rings. The summed E-state index contributed by atoms with van der Waals surface area (Å²) in [7, 11) is 0. The first-order valence-corrected chi connectivity index (χ1v) is 6.25. The van der Waals surface area contributed by atoms with Gasteiger partial charge in [0.1, 0.15) is 5.82 Å². The van der Waals surface area contributed by atoms with Crippen molar-refractivity contribution >= 4 is 11.7 Å². The van der Waals surface area contributed by atoms with Crippen LogP contribution in [0.3, 0.4) is 0 Å². The molecule has 1 aliphatic carbocycles. The lowest BCUT2D eigenvalue weighted by Gasteiger charge is -2.26. The largest absolute Gasteiger partial charge is 0.320 e. The van der Waals surface area contributed by atoms with Gasteiger partial charge in [-0.1, -0.05) is 25.3 Å². The maximum Gasteiger partial charge on any atom is 0.242 e. The van der Waals surface area contributed by atoms with Gasteiger partial charge in [-0.05, 0) is 30.9 Å². The van der Waals surface area contributed by atoms with E-state index < -0.39 is 6.04 Å². The highest BCUT2D eigenvalue weighted by Crippen LogP contribution is 2.26. The third-order valence-corrected chi connectivity index (χ3v) is 3.38. The van der Waals surface area contributed by atoms with Gasteiger partial charge in [-0.25, -0.2) is 4.98 Å². The normalized spacial score (nSPS) is 18.6. The minimum atomic E-state index is -0.405. The number of hydrogen-bond donors (Lipinski definition) is 2. The number of hydrogen-bond acceptors (Lipinski definition) is 3. The van der Waals surface area contributed by atoms with Crippen LogP contribution in [0.15, 0.2) is 24.4 Å². The molecule has 0 unspecified atom stereocenters. The molecule has 1 atom stereocenters. The van der Waals surface area contributed by atoms with Crippen LogP contribution in [0.5, 0.6) is 0 Å². The highest BCUT2D eigenvalue weighted by atomic mass is 16.2. The van der Waals surface area contributed by atoms with Crippen LogP contribution in [0, 0.1) is 5.92 Å². The lowest BCUT2D eigenvalue weighted by atomic mass is 9.84.